The van der Waals surface area contributed by atoms with Crippen molar-refractivity contribution < 1.29 is 0 Å². The van der Waals surface area contributed by atoms with Crippen molar-refractivity contribution in [2.75, 3.05) is 9.80 Å². The van der Waals surface area contributed by atoms with Crippen LogP contribution in [0.15, 0.2) is 229 Å². The summed E-state index contributed by atoms with van der Waals surface area (Å²) in [6.45, 7) is 0. The largest absolute Gasteiger partial charge is 0.310 e. The van der Waals surface area contributed by atoms with Gasteiger partial charge in [0.25, 0.3) is 0 Å². The third kappa shape index (κ3) is 5.78. The average molecular weight is 778 g/mol. The molecule has 1 aliphatic heterocycles. The van der Waals surface area contributed by atoms with Crippen molar-refractivity contribution in [3.63, 3.8) is 0 Å². The van der Waals surface area contributed by atoms with E-state index in [2.05, 4.69) is 240 Å². The fraction of sp³-hybridized carbons (Fsp3) is 0.0172. The van der Waals surface area contributed by atoms with Gasteiger partial charge in [-0.2, -0.15) is 0 Å². The zero-order valence-corrected chi connectivity index (χ0v) is 33.4. The van der Waals surface area contributed by atoms with Crippen molar-refractivity contribution in [1.29, 1.82) is 0 Å². The Labute approximate surface area is 354 Å². The molecule has 12 rings (SSSR count). The van der Waals surface area contributed by atoms with E-state index in [1.807, 2.05) is 0 Å². The van der Waals surface area contributed by atoms with Crippen molar-refractivity contribution >= 4 is 78.2 Å². The molecule has 3 heteroatoms. The Balaban J connectivity index is 1.17. The summed E-state index contributed by atoms with van der Waals surface area (Å²) in [5.41, 5.74) is 12.6. The van der Waals surface area contributed by atoms with Gasteiger partial charge in [0.1, 0.15) is 0 Å². The van der Waals surface area contributed by atoms with Gasteiger partial charge >= 0.3 is 0 Å². The van der Waals surface area contributed by atoms with Crippen LogP contribution in [0, 0.1) is 0 Å². The van der Waals surface area contributed by atoms with Crippen LogP contribution in [0.4, 0.5) is 39.8 Å². The molecule has 0 spiro atoms. The highest BCUT2D eigenvalue weighted by Crippen LogP contribution is 2.49. The van der Waals surface area contributed by atoms with Crippen molar-refractivity contribution in [2.45, 2.75) is 5.92 Å². The van der Waals surface area contributed by atoms with Gasteiger partial charge in [0.15, 0.2) is 0 Å². The lowest BCUT2D eigenvalue weighted by molar-refractivity contribution is 1.03. The summed E-state index contributed by atoms with van der Waals surface area (Å²) >= 11 is 0. The molecular formula is C58H39N3. The Bertz CT molecular complexity index is 3380. The molecule has 0 N–H and O–H groups in total. The molecular weight excluding hydrogens is 739 g/mol. The Hall–Kier alpha value is -8.01. The highest BCUT2D eigenvalue weighted by molar-refractivity contribution is 6.18. The smallest absolute Gasteiger partial charge is 0.0737 e. The molecule has 61 heavy (non-hydrogen) atoms. The first-order valence-electron chi connectivity index (χ1n) is 21.0. The van der Waals surface area contributed by atoms with Crippen molar-refractivity contribution in [2.24, 2.45) is 4.99 Å². The quantitative estimate of drug-likeness (QED) is 0.119. The molecule has 0 fully saturated rings. The van der Waals surface area contributed by atoms with E-state index in [1.165, 1.54) is 54.2 Å². The predicted molar refractivity (Wildman–Crippen MR) is 256 cm³/mol. The number of hydrogen-bond acceptors (Lipinski definition) is 3. The van der Waals surface area contributed by atoms with E-state index in [0.29, 0.717) is 0 Å². The van der Waals surface area contributed by atoms with Crippen molar-refractivity contribution in [3.05, 3.63) is 246 Å². The standard InChI is InChI=1S/C58H39N3/c1-6-18-39(19-7-1)46-28-16-29-48-47-34-33-45(60(41-20-8-2-9-21-41)42-22-10-3-11-23-42)37-50(47)51-38-49-40(36-52(51)56(46)48)32-35-54-57(49)58-53(59-54)30-17-31-55(58)61(43-24-12-4-13-25-43)44-26-14-5-15-27-44/h1-38,46H. The van der Waals surface area contributed by atoms with Crippen LogP contribution in [0.5, 0.6) is 0 Å². The molecule has 10 aromatic rings. The number of allylic oxidation sites excluding steroid dienone is 2. The lowest BCUT2D eigenvalue weighted by atomic mass is 9.80. The molecule has 286 valence electrons. The number of nitrogens with zero attached hydrogens (tertiary/aromatic N) is 3. The number of hydrogen-bond donors (Lipinski definition) is 0. The highest BCUT2D eigenvalue weighted by Gasteiger charge is 2.27. The van der Waals surface area contributed by atoms with Gasteiger partial charge in [0, 0.05) is 45.5 Å². The molecule has 3 nitrogen and oxygen atoms in total. The molecule has 1 unspecified atom stereocenters. The second-order valence-electron chi connectivity index (χ2n) is 15.9. The topological polar surface area (TPSA) is 18.8 Å². The van der Waals surface area contributed by atoms with Gasteiger partial charge in [-0.05, 0) is 140 Å². The predicted octanol–water partition coefficient (Wildman–Crippen LogP) is 14.5. The lowest BCUT2D eigenvalue weighted by Gasteiger charge is -2.28. The Morgan fingerprint density at radius 2 is 0.984 bits per heavy atom. The normalized spacial score (nSPS) is 13.6. The summed E-state index contributed by atoms with van der Waals surface area (Å²) in [5.74, 6) is 0.109. The molecule has 1 aliphatic carbocycles. The first-order valence-corrected chi connectivity index (χ1v) is 21.0. The van der Waals surface area contributed by atoms with Crippen LogP contribution in [0.25, 0.3) is 49.5 Å². The fourth-order valence-corrected chi connectivity index (χ4v) is 9.77. The van der Waals surface area contributed by atoms with Gasteiger partial charge in [-0.25, -0.2) is 4.99 Å². The van der Waals surface area contributed by atoms with E-state index in [-0.39, 0.29) is 5.92 Å². The van der Waals surface area contributed by atoms with E-state index < -0.39 is 0 Å². The number of rotatable bonds is 7. The average Bonchev–Trinajstić information content (AvgIpc) is 3.73. The van der Waals surface area contributed by atoms with Crippen LogP contribution < -0.4 is 20.4 Å². The zero-order valence-electron chi connectivity index (χ0n) is 33.4. The summed E-state index contributed by atoms with van der Waals surface area (Å²) < 4.78 is 0. The number of fused-ring (bicyclic) bond motifs is 11. The van der Waals surface area contributed by atoms with Crippen LogP contribution >= 0.6 is 0 Å². The molecule has 1 atom stereocenters. The third-order valence-corrected chi connectivity index (χ3v) is 12.4. The van der Waals surface area contributed by atoms with Crippen molar-refractivity contribution in [3.8, 4) is 11.1 Å². The second-order valence-corrected chi connectivity index (χ2v) is 15.9. The van der Waals surface area contributed by atoms with Gasteiger partial charge in [0.2, 0.25) is 0 Å². The minimum atomic E-state index is 0.109. The SMILES string of the molecule is C1=CC(c2ccccc2)c2c(c3ccc(N(c4ccccc4)c4ccccc4)cc3c3cc4c5c(ccc4cc23)=Nc2cccc(N(c3ccccc3)c3ccccc3)c2-5)=C1. The Morgan fingerprint density at radius 1 is 0.393 bits per heavy atom. The lowest BCUT2D eigenvalue weighted by Crippen LogP contribution is -2.18. The maximum absolute atomic E-state index is 5.32. The summed E-state index contributed by atoms with van der Waals surface area (Å²) in [6.07, 6.45) is 6.93. The van der Waals surface area contributed by atoms with E-state index in [9.17, 15) is 0 Å². The van der Waals surface area contributed by atoms with Crippen LogP contribution in [0.3, 0.4) is 0 Å². The second kappa shape index (κ2) is 14.4. The fourth-order valence-electron chi connectivity index (χ4n) is 9.77. The van der Waals surface area contributed by atoms with Crippen LogP contribution in [0.1, 0.15) is 17.0 Å². The number of benzene rings is 10. The minimum absolute atomic E-state index is 0.109. The monoisotopic (exact) mass is 777 g/mol. The first-order chi connectivity index (χ1) is 30.3. The molecule has 0 saturated heterocycles. The molecule has 0 radical (unpaired) electrons. The Morgan fingerprint density at radius 3 is 1.62 bits per heavy atom. The van der Waals surface area contributed by atoms with E-state index >= 15 is 0 Å². The first kappa shape index (κ1) is 35.0. The third-order valence-electron chi connectivity index (χ3n) is 12.4. The molecule has 0 amide bonds. The van der Waals surface area contributed by atoms with Crippen molar-refractivity contribution in [1.82, 2.24) is 0 Å². The molecule has 0 saturated carbocycles. The van der Waals surface area contributed by atoms with Crippen LogP contribution in [0.2, 0.25) is 0 Å². The maximum Gasteiger partial charge on any atom is 0.0737 e. The zero-order chi connectivity index (χ0) is 40.3. The molecule has 0 bridgehead atoms. The van der Waals surface area contributed by atoms with E-state index in [4.69, 9.17) is 4.99 Å². The van der Waals surface area contributed by atoms with Gasteiger partial charge < -0.3 is 9.80 Å². The molecule has 1 heterocycles. The van der Waals surface area contributed by atoms with E-state index in [1.54, 1.807) is 0 Å². The molecule has 2 aliphatic rings. The maximum atomic E-state index is 5.32. The van der Waals surface area contributed by atoms with Gasteiger partial charge in [0.05, 0.1) is 16.7 Å². The number of para-hydroxylation sites is 4. The van der Waals surface area contributed by atoms with Crippen LogP contribution in [-0.2, 0) is 0 Å². The molecule has 10 aromatic carbocycles. The highest BCUT2D eigenvalue weighted by atomic mass is 15.1. The van der Waals surface area contributed by atoms with Crippen LogP contribution in [-0.4, -0.2) is 0 Å². The summed E-state index contributed by atoms with van der Waals surface area (Å²) in [6, 6.07) is 76.7. The Kier molecular flexibility index (Phi) is 8.24. The van der Waals surface area contributed by atoms with Gasteiger partial charge in [-0.3, -0.25) is 0 Å². The minimum Gasteiger partial charge on any atom is -0.310 e. The molecule has 0 aromatic heterocycles. The van der Waals surface area contributed by atoms with Gasteiger partial charge in [-0.1, -0.05) is 140 Å². The van der Waals surface area contributed by atoms with Gasteiger partial charge in [-0.15, -0.1) is 0 Å². The number of anilines is 6. The van der Waals surface area contributed by atoms with E-state index in [0.717, 1.165) is 50.7 Å². The summed E-state index contributed by atoms with van der Waals surface area (Å²) in [5, 5.41) is 9.64. The summed E-state index contributed by atoms with van der Waals surface area (Å²) in [4.78, 5) is 10.1. The summed E-state index contributed by atoms with van der Waals surface area (Å²) in [7, 11) is 0.